The molecule has 2 heteroatoms. The number of benzene rings is 1. The van der Waals surface area contributed by atoms with Gasteiger partial charge >= 0.3 is 0 Å². The fourth-order valence-corrected chi connectivity index (χ4v) is 2.65. The molecule has 78 valence electrons. The van der Waals surface area contributed by atoms with Crippen LogP contribution in [-0.4, -0.2) is 4.55 Å². The highest BCUT2D eigenvalue weighted by Crippen LogP contribution is 2.25. The molecule has 0 spiro atoms. The molecule has 1 aliphatic carbocycles. The van der Waals surface area contributed by atoms with Crippen LogP contribution in [0.15, 0.2) is 58.4 Å². The van der Waals surface area contributed by atoms with Crippen LogP contribution in [-0.2, 0) is 11.2 Å². The molecule has 0 bridgehead atoms. The summed E-state index contributed by atoms with van der Waals surface area (Å²) in [6.07, 6.45) is 7.17. The van der Waals surface area contributed by atoms with E-state index in [1.165, 1.54) is 0 Å². The molecular weight excluding hydrogens is 204 g/mol. The molecule has 2 rings (SSSR count). The Labute approximate surface area is 93.7 Å². The summed E-state index contributed by atoms with van der Waals surface area (Å²) >= 11 is -1.01. The molecule has 1 aromatic carbocycles. The lowest BCUT2D eigenvalue weighted by Crippen LogP contribution is -2.06. The van der Waals surface area contributed by atoms with Gasteiger partial charge in [-0.05, 0) is 36.6 Å². The van der Waals surface area contributed by atoms with E-state index in [-0.39, 0.29) is 0 Å². The molecule has 1 aromatic rings. The Hall–Kier alpha value is -0.990. The van der Waals surface area contributed by atoms with Crippen molar-refractivity contribution in [1.82, 2.24) is 0 Å². The van der Waals surface area contributed by atoms with E-state index < -0.39 is 11.2 Å². The second kappa shape index (κ2) is 4.69. The monoisotopic (exact) mass is 218 g/mol. The van der Waals surface area contributed by atoms with Crippen LogP contribution in [0.5, 0.6) is 0 Å². The van der Waals surface area contributed by atoms with E-state index in [0.717, 1.165) is 16.2 Å². The molecule has 1 nitrogen and oxygen atoms in total. The van der Waals surface area contributed by atoms with Gasteiger partial charge in [0.2, 0.25) is 0 Å². The summed E-state index contributed by atoms with van der Waals surface area (Å²) in [7, 11) is 0. The molecule has 0 fully saturated rings. The van der Waals surface area contributed by atoms with Crippen LogP contribution in [0.25, 0.3) is 0 Å². The van der Waals surface area contributed by atoms with Crippen LogP contribution >= 0.6 is 0 Å². The van der Waals surface area contributed by atoms with Crippen molar-refractivity contribution in [2.75, 3.05) is 0 Å². The van der Waals surface area contributed by atoms with Gasteiger partial charge in [0.15, 0.2) is 9.80 Å². The molecule has 15 heavy (non-hydrogen) atoms. The highest BCUT2D eigenvalue weighted by molar-refractivity contribution is 7.95. The highest BCUT2D eigenvalue weighted by Gasteiger charge is 2.17. The van der Waals surface area contributed by atoms with Crippen molar-refractivity contribution in [3.05, 3.63) is 53.5 Å². The van der Waals surface area contributed by atoms with Gasteiger partial charge < -0.3 is 4.55 Å². The zero-order chi connectivity index (χ0) is 10.7. The van der Waals surface area contributed by atoms with Crippen LogP contribution < -0.4 is 0 Å². The first-order chi connectivity index (χ1) is 7.27. The summed E-state index contributed by atoms with van der Waals surface area (Å²) in [4.78, 5) is 1.81. The fraction of sp³-hybridized carbons (Fsp3) is 0.231. The topological polar surface area (TPSA) is 23.1 Å². The number of allylic oxidation sites excluding steroid dienone is 3. The van der Waals surface area contributed by atoms with Crippen molar-refractivity contribution in [1.29, 1.82) is 0 Å². The molecule has 1 aliphatic rings. The standard InChI is InChI=1S/C13H14OS/c1-11-7-9-13(10-8-11)15(14)12-5-3-2-4-6-12/h2-7,9-11H,8H2,1H3. The van der Waals surface area contributed by atoms with E-state index in [1.807, 2.05) is 36.4 Å². The van der Waals surface area contributed by atoms with E-state index in [4.69, 9.17) is 0 Å². The molecule has 2 unspecified atom stereocenters. The van der Waals surface area contributed by atoms with Gasteiger partial charge in [0.1, 0.15) is 0 Å². The SMILES string of the molecule is CC1C=CC([S+]([O-])c2ccccc2)=CC1. The predicted octanol–water partition coefficient (Wildman–Crippen LogP) is 3.27. The molecule has 2 atom stereocenters. The van der Waals surface area contributed by atoms with Crippen LogP contribution in [0.1, 0.15) is 13.3 Å². The summed E-state index contributed by atoms with van der Waals surface area (Å²) in [5, 5.41) is 0. The van der Waals surface area contributed by atoms with Gasteiger partial charge in [-0.1, -0.05) is 31.2 Å². The van der Waals surface area contributed by atoms with E-state index in [1.54, 1.807) is 0 Å². The third-order valence-electron chi connectivity index (χ3n) is 2.45. The second-order valence-electron chi connectivity index (χ2n) is 3.76. The minimum atomic E-state index is -1.01. The van der Waals surface area contributed by atoms with E-state index >= 15 is 0 Å². The predicted molar refractivity (Wildman–Crippen MR) is 63.9 cm³/mol. The second-order valence-corrected chi connectivity index (χ2v) is 5.24. The molecule has 0 aliphatic heterocycles. The van der Waals surface area contributed by atoms with Gasteiger partial charge in [-0.3, -0.25) is 0 Å². The van der Waals surface area contributed by atoms with Gasteiger partial charge in [0.05, 0.1) is 0 Å². The van der Waals surface area contributed by atoms with Crippen molar-refractivity contribution in [3.8, 4) is 0 Å². The lowest BCUT2D eigenvalue weighted by Gasteiger charge is -2.14. The number of rotatable bonds is 2. The van der Waals surface area contributed by atoms with Crippen molar-refractivity contribution in [2.45, 2.75) is 18.2 Å². The van der Waals surface area contributed by atoms with Gasteiger partial charge in [0.25, 0.3) is 0 Å². The van der Waals surface area contributed by atoms with Gasteiger partial charge in [-0.2, -0.15) is 0 Å². The number of hydrogen-bond donors (Lipinski definition) is 0. The third-order valence-corrected chi connectivity index (χ3v) is 3.88. The Morgan fingerprint density at radius 1 is 1.27 bits per heavy atom. The number of hydrogen-bond acceptors (Lipinski definition) is 1. The van der Waals surface area contributed by atoms with Crippen molar-refractivity contribution in [2.24, 2.45) is 5.92 Å². The third kappa shape index (κ3) is 2.52. The highest BCUT2D eigenvalue weighted by atomic mass is 32.2. The minimum absolute atomic E-state index is 0.571. The molecule has 0 radical (unpaired) electrons. The van der Waals surface area contributed by atoms with Crippen LogP contribution in [0.3, 0.4) is 0 Å². The normalized spacial score (nSPS) is 22.3. The van der Waals surface area contributed by atoms with Crippen molar-refractivity contribution < 1.29 is 4.55 Å². The Balaban J connectivity index is 2.16. The Morgan fingerprint density at radius 2 is 2.00 bits per heavy atom. The maximum absolute atomic E-state index is 12.1. The molecular formula is C13H14OS. The minimum Gasteiger partial charge on any atom is -0.606 e. The van der Waals surface area contributed by atoms with Gasteiger partial charge in [0, 0.05) is 11.2 Å². The summed E-state index contributed by atoms with van der Waals surface area (Å²) in [5.41, 5.74) is 0. The summed E-state index contributed by atoms with van der Waals surface area (Å²) in [6.45, 7) is 2.16. The Morgan fingerprint density at radius 3 is 2.60 bits per heavy atom. The molecule has 0 amide bonds. The largest absolute Gasteiger partial charge is 0.606 e. The first-order valence-electron chi connectivity index (χ1n) is 5.12. The van der Waals surface area contributed by atoms with Crippen molar-refractivity contribution in [3.63, 3.8) is 0 Å². The van der Waals surface area contributed by atoms with Crippen molar-refractivity contribution >= 4 is 11.2 Å². The van der Waals surface area contributed by atoms with E-state index in [2.05, 4.69) is 19.1 Å². The average molecular weight is 218 g/mol. The van der Waals surface area contributed by atoms with Crippen LogP contribution in [0, 0.1) is 5.92 Å². The average Bonchev–Trinajstić information content (AvgIpc) is 2.30. The summed E-state index contributed by atoms with van der Waals surface area (Å²) in [5.74, 6) is 0.571. The first-order valence-corrected chi connectivity index (χ1v) is 6.27. The van der Waals surface area contributed by atoms with Crippen LogP contribution in [0.4, 0.5) is 0 Å². The molecule has 0 aromatic heterocycles. The lowest BCUT2D eigenvalue weighted by molar-refractivity contribution is 0.600. The Kier molecular flexibility index (Phi) is 3.29. The van der Waals surface area contributed by atoms with Crippen LogP contribution in [0.2, 0.25) is 0 Å². The van der Waals surface area contributed by atoms with E-state index in [9.17, 15) is 4.55 Å². The van der Waals surface area contributed by atoms with Gasteiger partial charge in [-0.15, -0.1) is 0 Å². The smallest absolute Gasteiger partial charge is 0.158 e. The fourth-order valence-electron chi connectivity index (χ4n) is 1.53. The lowest BCUT2D eigenvalue weighted by atomic mass is 10.0. The maximum atomic E-state index is 12.1. The maximum Gasteiger partial charge on any atom is 0.158 e. The first kappa shape index (κ1) is 10.5. The Bertz CT molecular complexity index is 381. The zero-order valence-corrected chi connectivity index (χ0v) is 9.54. The molecule has 0 heterocycles. The van der Waals surface area contributed by atoms with E-state index in [0.29, 0.717) is 5.92 Å². The summed E-state index contributed by atoms with van der Waals surface area (Å²) < 4.78 is 12.1. The zero-order valence-electron chi connectivity index (χ0n) is 8.72. The molecule has 0 N–H and O–H groups in total. The quantitative estimate of drug-likeness (QED) is 0.699. The summed E-state index contributed by atoms with van der Waals surface area (Å²) in [6, 6.07) is 9.59. The van der Waals surface area contributed by atoms with Gasteiger partial charge in [-0.25, -0.2) is 0 Å². The molecule has 0 saturated carbocycles. The molecule has 0 saturated heterocycles.